The van der Waals surface area contributed by atoms with Crippen LogP contribution in [0.2, 0.25) is 0 Å². The number of rotatable bonds is 5. The van der Waals surface area contributed by atoms with Crippen molar-refractivity contribution in [1.29, 1.82) is 0 Å². The zero-order valence-electron chi connectivity index (χ0n) is 17.5. The number of fused-ring (bicyclic) bond motifs is 3. The van der Waals surface area contributed by atoms with E-state index in [4.69, 9.17) is 4.74 Å². The van der Waals surface area contributed by atoms with Crippen LogP contribution in [-0.2, 0) is 9.53 Å². The van der Waals surface area contributed by atoms with Crippen LogP contribution in [0.15, 0.2) is 48.5 Å². The minimum absolute atomic E-state index is 0.0875. The summed E-state index contributed by atoms with van der Waals surface area (Å²) in [6.45, 7) is 0.454. The van der Waals surface area contributed by atoms with Gasteiger partial charge in [-0.1, -0.05) is 48.5 Å². The summed E-state index contributed by atoms with van der Waals surface area (Å²) < 4.78 is 5.44. The second kappa shape index (κ2) is 8.38. The van der Waals surface area contributed by atoms with Crippen LogP contribution < -0.4 is 5.32 Å². The first-order valence-corrected chi connectivity index (χ1v) is 10.6. The molecule has 1 fully saturated rings. The molecule has 2 heterocycles. The lowest BCUT2D eigenvalue weighted by Gasteiger charge is -2.19. The SMILES string of the molecule is O=C(Nc1n[nH]c(C(=O)N2CCC[C@H]2C(=O)O)n1)OCC1c2ccccc2-c2ccccc21. The summed E-state index contributed by atoms with van der Waals surface area (Å²) in [7, 11) is 0. The van der Waals surface area contributed by atoms with Crippen LogP contribution in [0.1, 0.15) is 40.5 Å². The molecule has 5 rings (SSSR count). The van der Waals surface area contributed by atoms with E-state index < -0.39 is 24.0 Å². The van der Waals surface area contributed by atoms with Gasteiger partial charge in [-0.2, -0.15) is 4.98 Å². The Hall–Kier alpha value is -4.21. The van der Waals surface area contributed by atoms with Gasteiger partial charge in [0, 0.05) is 12.5 Å². The summed E-state index contributed by atoms with van der Waals surface area (Å²) in [5.74, 6) is -1.99. The van der Waals surface area contributed by atoms with E-state index in [0.717, 1.165) is 22.3 Å². The fourth-order valence-electron chi connectivity index (χ4n) is 4.54. The Labute approximate surface area is 188 Å². The fourth-order valence-corrected chi connectivity index (χ4v) is 4.54. The number of aliphatic carboxylic acids is 1. The number of H-pyrrole nitrogens is 1. The third-order valence-electron chi connectivity index (χ3n) is 6.04. The summed E-state index contributed by atoms with van der Waals surface area (Å²) in [5.41, 5.74) is 4.44. The maximum Gasteiger partial charge on any atom is 0.414 e. The van der Waals surface area contributed by atoms with Crippen molar-refractivity contribution < 1.29 is 24.2 Å². The molecule has 168 valence electrons. The molecule has 2 aliphatic rings. The van der Waals surface area contributed by atoms with Gasteiger partial charge in [0.25, 0.3) is 11.9 Å². The fraction of sp³-hybridized carbons (Fsp3) is 0.261. The third kappa shape index (κ3) is 3.79. The van der Waals surface area contributed by atoms with Gasteiger partial charge in [-0.25, -0.2) is 9.59 Å². The van der Waals surface area contributed by atoms with Crippen molar-refractivity contribution in [2.24, 2.45) is 0 Å². The molecule has 1 atom stereocenters. The van der Waals surface area contributed by atoms with E-state index in [-0.39, 0.29) is 24.3 Å². The van der Waals surface area contributed by atoms with Gasteiger partial charge in [-0.05, 0) is 35.1 Å². The molecule has 10 nitrogen and oxygen atoms in total. The molecular formula is C23H21N5O5. The van der Waals surface area contributed by atoms with Crippen molar-refractivity contribution >= 4 is 23.9 Å². The molecule has 0 saturated carbocycles. The summed E-state index contributed by atoms with van der Waals surface area (Å²) in [4.78, 5) is 41.5. The molecule has 2 aromatic carbocycles. The van der Waals surface area contributed by atoms with Gasteiger partial charge in [-0.15, -0.1) is 5.10 Å². The summed E-state index contributed by atoms with van der Waals surface area (Å²) in [6.07, 6.45) is 0.237. The Balaban J connectivity index is 1.23. The zero-order chi connectivity index (χ0) is 22.9. The maximum absolute atomic E-state index is 12.6. The van der Waals surface area contributed by atoms with Crippen molar-refractivity contribution in [2.45, 2.75) is 24.8 Å². The number of anilines is 1. The number of carbonyl (C=O) groups is 3. The highest BCUT2D eigenvalue weighted by Crippen LogP contribution is 2.44. The molecule has 1 aliphatic heterocycles. The predicted molar refractivity (Wildman–Crippen MR) is 117 cm³/mol. The van der Waals surface area contributed by atoms with Gasteiger partial charge >= 0.3 is 12.1 Å². The highest BCUT2D eigenvalue weighted by molar-refractivity contribution is 5.94. The molecule has 0 spiro atoms. The topological polar surface area (TPSA) is 138 Å². The minimum Gasteiger partial charge on any atom is -0.480 e. The van der Waals surface area contributed by atoms with Crippen LogP contribution in [0.5, 0.6) is 0 Å². The number of carboxylic acid groups (broad SMARTS) is 1. The highest BCUT2D eigenvalue weighted by atomic mass is 16.5. The van der Waals surface area contributed by atoms with Gasteiger partial charge in [-0.3, -0.25) is 15.2 Å². The molecule has 1 aromatic heterocycles. The summed E-state index contributed by atoms with van der Waals surface area (Å²) >= 11 is 0. The van der Waals surface area contributed by atoms with Gasteiger partial charge in [0.15, 0.2) is 0 Å². The Bertz CT molecular complexity index is 1190. The largest absolute Gasteiger partial charge is 0.480 e. The number of likely N-dealkylation sites (tertiary alicyclic amines) is 1. The Kier molecular flexibility index (Phi) is 5.25. The molecule has 1 aliphatic carbocycles. The van der Waals surface area contributed by atoms with Crippen molar-refractivity contribution in [3.8, 4) is 11.1 Å². The van der Waals surface area contributed by atoms with Gasteiger partial charge in [0.2, 0.25) is 5.82 Å². The number of carbonyl (C=O) groups excluding carboxylic acids is 2. The number of benzene rings is 2. The number of hydrogen-bond donors (Lipinski definition) is 3. The molecule has 1 saturated heterocycles. The second-order valence-electron chi connectivity index (χ2n) is 7.95. The third-order valence-corrected chi connectivity index (χ3v) is 6.04. The van der Waals surface area contributed by atoms with E-state index in [1.165, 1.54) is 4.90 Å². The highest BCUT2D eigenvalue weighted by Gasteiger charge is 2.36. The van der Waals surface area contributed by atoms with Crippen LogP contribution >= 0.6 is 0 Å². The van der Waals surface area contributed by atoms with Crippen molar-refractivity contribution in [3.05, 3.63) is 65.5 Å². The van der Waals surface area contributed by atoms with Crippen molar-refractivity contribution in [3.63, 3.8) is 0 Å². The van der Waals surface area contributed by atoms with E-state index in [0.29, 0.717) is 19.4 Å². The second-order valence-corrected chi connectivity index (χ2v) is 7.95. The lowest BCUT2D eigenvalue weighted by atomic mass is 9.98. The first-order valence-electron chi connectivity index (χ1n) is 10.6. The van der Waals surface area contributed by atoms with Crippen LogP contribution in [0.4, 0.5) is 10.7 Å². The molecule has 10 heteroatoms. The van der Waals surface area contributed by atoms with Crippen LogP contribution in [0, 0.1) is 0 Å². The van der Waals surface area contributed by atoms with E-state index in [2.05, 4.69) is 32.6 Å². The minimum atomic E-state index is -1.06. The molecular weight excluding hydrogens is 426 g/mol. The maximum atomic E-state index is 12.6. The first kappa shape index (κ1) is 20.7. The Morgan fingerprint density at radius 2 is 1.76 bits per heavy atom. The molecule has 0 unspecified atom stereocenters. The van der Waals surface area contributed by atoms with E-state index >= 15 is 0 Å². The number of hydrogen-bond acceptors (Lipinski definition) is 6. The van der Waals surface area contributed by atoms with Crippen LogP contribution in [-0.4, -0.2) is 62.4 Å². The van der Waals surface area contributed by atoms with Crippen molar-refractivity contribution in [2.75, 3.05) is 18.5 Å². The molecule has 0 radical (unpaired) electrons. The summed E-state index contributed by atoms with van der Waals surface area (Å²) in [5, 5.41) is 18.0. The average Bonchev–Trinajstić information content (AvgIpc) is 3.55. The smallest absolute Gasteiger partial charge is 0.414 e. The quantitative estimate of drug-likeness (QED) is 0.547. The first-order chi connectivity index (χ1) is 16.0. The van der Waals surface area contributed by atoms with Gasteiger partial charge in [0.1, 0.15) is 12.6 Å². The predicted octanol–water partition coefficient (Wildman–Crippen LogP) is 2.85. The monoisotopic (exact) mass is 447 g/mol. The number of aromatic amines is 1. The number of ether oxygens (including phenoxy) is 1. The van der Waals surface area contributed by atoms with Crippen LogP contribution in [0.25, 0.3) is 11.1 Å². The van der Waals surface area contributed by atoms with E-state index in [1.807, 2.05) is 36.4 Å². The lowest BCUT2D eigenvalue weighted by Crippen LogP contribution is -2.40. The lowest BCUT2D eigenvalue weighted by molar-refractivity contribution is -0.141. The number of nitrogens with one attached hydrogen (secondary N) is 2. The standard InChI is InChI=1S/C23H21N5O5/c29-20(28-11-5-10-18(28)21(30)31)19-24-22(27-26-19)25-23(32)33-12-17-15-8-3-1-6-13(15)14-7-2-4-9-16(14)17/h1-4,6-9,17-18H,5,10-12H2,(H,30,31)(H2,24,25,26,27,32)/t18-/m0/s1. The number of nitrogens with zero attached hydrogens (tertiary/aromatic N) is 3. The number of carboxylic acids is 1. The van der Waals surface area contributed by atoms with Crippen LogP contribution in [0.3, 0.4) is 0 Å². The van der Waals surface area contributed by atoms with Gasteiger partial charge < -0.3 is 14.7 Å². The average molecular weight is 447 g/mol. The molecule has 0 bridgehead atoms. The molecule has 3 N–H and O–H groups in total. The molecule has 3 aromatic rings. The van der Waals surface area contributed by atoms with E-state index in [1.54, 1.807) is 0 Å². The molecule has 2 amide bonds. The Morgan fingerprint density at radius 1 is 1.09 bits per heavy atom. The number of aromatic nitrogens is 3. The normalized spacial score (nSPS) is 16.8. The van der Waals surface area contributed by atoms with Gasteiger partial charge in [0.05, 0.1) is 0 Å². The van der Waals surface area contributed by atoms with E-state index in [9.17, 15) is 19.5 Å². The zero-order valence-corrected chi connectivity index (χ0v) is 17.5. The summed E-state index contributed by atoms with van der Waals surface area (Å²) in [6, 6.07) is 15.1. The molecule has 33 heavy (non-hydrogen) atoms. The van der Waals surface area contributed by atoms with Crippen molar-refractivity contribution in [1.82, 2.24) is 20.1 Å². The number of amides is 2. The Morgan fingerprint density at radius 3 is 2.42 bits per heavy atom.